The molecular formula is C33H54N2O2. The molecule has 0 aromatic heterocycles. The first-order chi connectivity index (χ1) is 17.4. The molecule has 0 spiro atoms. The Morgan fingerprint density at radius 3 is 2.46 bits per heavy atom. The molecule has 1 heterocycles. The molecule has 1 aliphatic heterocycles. The molecule has 208 valence electrons. The highest BCUT2D eigenvalue weighted by atomic mass is 16.3. The van der Waals surface area contributed by atoms with Crippen molar-refractivity contribution in [3.05, 3.63) is 23.3 Å². The molecule has 4 fully saturated rings. The number of likely N-dealkylation sites (tertiary alicyclic amines) is 1. The van der Waals surface area contributed by atoms with Crippen molar-refractivity contribution in [1.82, 2.24) is 9.80 Å². The van der Waals surface area contributed by atoms with Crippen LogP contribution < -0.4 is 0 Å². The van der Waals surface area contributed by atoms with Crippen LogP contribution in [0.5, 0.6) is 0 Å². The van der Waals surface area contributed by atoms with E-state index in [0.29, 0.717) is 29.0 Å². The Morgan fingerprint density at radius 2 is 1.76 bits per heavy atom. The quantitative estimate of drug-likeness (QED) is 0.438. The van der Waals surface area contributed by atoms with Gasteiger partial charge in [0.2, 0.25) is 0 Å². The molecule has 4 heteroatoms. The van der Waals surface area contributed by atoms with Crippen LogP contribution in [0.25, 0.3) is 0 Å². The zero-order chi connectivity index (χ0) is 26.8. The SMILES string of the molecule is C[C@H](C/C=C1\CCN(CCO)C1(C)C)[C@H]1CC[C@H]2C3=CCC4C(=O)[C@@H](N(C)C)CC[C@]4(C)[C@H]3CC[C@]12C. The highest BCUT2D eigenvalue weighted by Crippen LogP contribution is 2.66. The van der Waals surface area contributed by atoms with Crippen molar-refractivity contribution in [3.63, 3.8) is 0 Å². The summed E-state index contributed by atoms with van der Waals surface area (Å²) in [5, 5.41) is 9.47. The van der Waals surface area contributed by atoms with Gasteiger partial charge in [0, 0.05) is 24.5 Å². The minimum absolute atomic E-state index is 0.0739. The topological polar surface area (TPSA) is 43.8 Å². The van der Waals surface area contributed by atoms with E-state index in [9.17, 15) is 9.90 Å². The molecule has 0 amide bonds. The molecular weight excluding hydrogens is 456 g/mol. The van der Waals surface area contributed by atoms with E-state index < -0.39 is 0 Å². The summed E-state index contributed by atoms with van der Waals surface area (Å²) in [5.41, 5.74) is 3.97. The van der Waals surface area contributed by atoms with Crippen molar-refractivity contribution in [2.75, 3.05) is 33.8 Å². The largest absolute Gasteiger partial charge is 0.395 e. The molecule has 4 nitrogen and oxygen atoms in total. The molecule has 3 saturated carbocycles. The number of carbonyl (C=O) groups excluding carboxylic acids is 1. The normalized spacial score (nSPS) is 43.5. The molecule has 0 aromatic carbocycles. The summed E-state index contributed by atoms with van der Waals surface area (Å²) in [5.74, 6) is 3.55. The van der Waals surface area contributed by atoms with Crippen LogP contribution in [0.3, 0.4) is 0 Å². The lowest BCUT2D eigenvalue weighted by Gasteiger charge is -2.57. The van der Waals surface area contributed by atoms with Crippen molar-refractivity contribution in [2.45, 2.75) is 104 Å². The third-order valence-electron chi connectivity index (χ3n) is 12.6. The van der Waals surface area contributed by atoms with E-state index in [1.165, 1.54) is 38.5 Å². The summed E-state index contributed by atoms with van der Waals surface area (Å²) in [6, 6.07) is 0.119. The van der Waals surface area contributed by atoms with E-state index in [1.54, 1.807) is 11.1 Å². The van der Waals surface area contributed by atoms with Gasteiger partial charge >= 0.3 is 0 Å². The number of rotatable bonds is 6. The standard InChI is InChI=1S/C33H54N2O2/c1-22(8-9-23-16-19-35(20-21-36)31(23,2)3)25-12-13-26-24-10-11-28-30(37)29(34(6)7)15-18-33(28,5)27(24)14-17-32(25,26)4/h9-10,22,25-29,36H,8,11-21H2,1-7H3/b23-9+/t22-,25-,26+,27+,28?,29+,32-,33-/m1/s1. The van der Waals surface area contributed by atoms with Crippen molar-refractivity contribution in [3.8, 4) is 0 Å². The van der Waals surface area contributed by atoms with Gasteiger partial charge in [0.25, 0.3) is 0 Å². The van der Waals surface area contributed by atoms with Crippen molar-refractivity contribution < 1.29 is 9.90 Å². The van der Waals surface area contributed by atoms with Crippen LogP contribution in [0.1, 0.15) is 92.4 Å². The molecule has 37 heavy (non-hydrogen) atoms. The number of β-amino-alcohol motifs (C(OH)–C–C–N with tert-alkyl or cyclic N) is 1. The minimum Gasteiger partial charge on any atom is -0.395 e. The fraction of sp³-hybridized carbons (Fsp3) is 0.848. The van der Waals surface area contributed by atoms with E-state index in [2.05, 4.69) is 70.7 Å². The van der Waals surface area contributed by atoms with Gasteiger partial charge < -0.3 is 5.11 Å². The average molecular weight is 511 g/mol. The fourth-order valence-electron chi connectivity index (χ4n) is 10.3. The Balaban J connectivity index is 1.31. The monoisotopic (exact) mass is 510 g/mol. The number of aliphatic hydroxyl groups is 1. The van der Waals surface area contributed by atoms with Gasteiger partial charge in [-0.15, -0.1) is 0 Å². The summed E-state index contributed by atoms with van der Waals surface area (Å²) in [4.78, 5) is 18.1. The number of nitrogens with zero attached hydrogens (tertiary/aromatic N) is 2. The van der Waals surface area contributed by atoms with E-state index >= 15 is 0 Å². The van der Waals surface area contributed by atoms with Gasteiger partial charge in [-0.05, 0) is 120 Å². The molecule has 1 saturated heterocycles. The Bertz CT molecular complexity index is 950. The zero-order valence-corrected chi connectivity index (χ0v) is 24.9. The molecule has 1 unspecified atom stereocenters. The first-order valence-electron chi connectivity index (χ1n) is 15.4. The second-order valence-electron chi connectivity index (χ2n) is 14.7. The van der Waals surface area contributed by atoms with Crippen LogP contribution in [0.15, 0.2) is 23.3 Å². The Morgan fingerprint density at radius 1 is 1.05 bits per heavy atom. The van der Waals surface area contributed by atoms with Gasteiger partial charge in [-0.25, -0.2) is 0 Å². The van der Waals surface area contributed by atoms with Crippen LogP contribution in [0.4, 0.5) is 0 Å². The summed E-state index contributed by atoms with van der Waals surface area (Å²) in [6.07, 6.45) is 16.0. The number of hydrogen-bond acceptors (Lipinski definition) is 4. The Labute approximate surface area is 226 Å². The number of aliphatic hydroxyl groups excluding tert-OH is 1. The number of fused-ring (bicyclic) bond motifs is 5. The highest BCUT2D eigenvalue weighted by molar-refractivity contribution is 5.88. The maximum absolute atomic E-state index is 13.5. The summed E-state index contributed by atoms with van der Waals surface area (Å²) < 4.78 is 0. The van der Waals surface area contributed by atoms with Crippen LogP contribution in [0, 0.1) is 40.4 Å². The van der Waals surface area contributed by atoms with Gasteiger partial charge in [-0.3, -0.25) is 14.6 Å². The summed E-state index contributed by atoms with van der Waals surface area (Å²) in [6.45, 7) is 14.4. The van der Waals surface area contributed by atoms with Gasteiger partial charge in [0.05, 0.1) is 12.6 Å². The number of allylic oxidation sites excluding steroid dienone is 3. The lowest BCUT2D eigenvalue weighted by atomic mass is 9.47. The maximum Gasteiger partial charge on any atom is 0.153 e. The molecule has 5 rings (SSSR count). The summed E-state index contributed by atoms with van der Waals surface area (Å²) >= 11 is 0. The van der Waals surface area contributed by atoms with Crippen LogP contribution in [-0.2, 0) is 4.79 Å². The van der Waals surface area contributed by atoms with Crippen molar-refractivity contribution in [1.29, 1.82) is 0 Å². The van der Waals surface area contributed by atoms with Gasteiger partial charge in [-0.2, -0.15) is 0 Å². The molecule has 8 atom stereocenters. The number of Topliss-reactive ketones (excluding diaryl/α,β-unsaturated/α-hetero) is 1. The Hall–Kier alpha value is -0.970. The lowest BCUT2D eigenvalue weighted by molar-refractivity contribution is -0.140. The van der Waals surface area contributed by atoms with Crippen molar-refractivity contribution in [2.24, 2.45) is 40.4 Å². The minimum atomic E-state index is 0.0739. The highest BCUT2D eigenvalue weighted by Gasteiger charge is 2.59. The maximum atomic E-state index is 13.5. The number of carbonyl (C=O) groups is 1. The smallest absolute Gasteiger partial charge is 0.153 e. The number of ketones is 1. The Kier molecular flexibility index (Phi) is 7.38. The van der Waals surface area contributed by atoms with Gasteiger partial charge in [0.15, 0.2) is 5.78 Å². The molecule has 1 N–H and O–H groups in total. The van der Waals surface area contributed by atoms with E-state index in [1.807, 2.05) is 0 Å². The zero-order valence-electron chi connectivity index (χ0n) is 24.9. The van der Waals surface area contributed by atoms with Crippen molar-refractivity contribution >= 4 is 5.78 Å². The predicted molar refractivity (Wildman–Crippen MR) is 152 cm³/mol. The van der Waals surface area contributed by atoms with Gasteiger partial charge in [-0.1, -0.05) is 44.1 Å². The number of hydrogen-bond donors (Lipinski definition) is 1. The molecule has 0 aromatic rings. The third kappa shape index (κ3) is 4.32. The number of likely N-dealkylation sites (N-methyl/N-ethyl adjacent to an activating group) is 1. The first kappa shape index (κ1) is 27.6. The van der Waals surface area contributed by atoms with Gasteiger partial charge in [0.1, 0.15) is 0 Å². The molecule has 0 radical (unpaired) electrons. The first-order valence-corrected chi connectivity index (χ1v) is 15.4. The van der Waals surface area contributed by atoms with Crippen LogP contribution in [0.2, 0.25) is 0 Å². The third-order valence-corrected chi connectivity index (χ3v) is 12.6. The van der Waals surface area contributed by atoms with Crippen LogP contribution in [-0.4, -0.2) is 66.1 Å². The summed E-state index contributed by atoms with van der Waals surface area (Å²) in [7, 11) is 4.16. The molecule has 5 aliphatic rings. The predicted octanol–water partition coefficient (Wildman–Crippen LogP) is 6.10. The van der Waals surface area contributed by atoms with Crippen LogP contribution >= 0.6 is 0 Å². The molecule has 0 bridgehead atoms. The lowest BCUT2D eigenvalue weighted by Crippen LogP contribution is -2.55. The molecule has 4 aliphatic carbocycles. The van der Waals surface area contributed by atoms with E-state index in [-0.39, 0.29) is 29.5 Å². The second kappa shape index (κ2) is 9.89. The van der Waals surface area contributed by atoms with E-state index in [4.69, 9.17) is 0 Å². The van der Waals surface area contributed by atoms with E-state index in [0.717, 1.165) is 38.3 Å². The fourth-order valence-corrected chi connectivity index (χ4v) is 10.3. The second-order valence-corrected chi connectivity index (χ2v) is 14.7. The average Bonchev–Trinajstić information content (AvgIpc) is 3.33.